The highest BCUT2D eigenvalue weighted by Crippen LogP contribution is 2.30. The number of benzene rings is 1. The van der Waals surface area contributed by atoms with E-state index in [1.807, 2.05) is 32.0 Å². The zero-order valence-electron chi connectivity index (χ0n) is 14.9. The summed E-state index contributed by atoms with van der Waals surface area (Å²) in [5.74, 6) is 1.21. The molecule has 2 aromatic rings. The number of hydrogen-bond donors (Lipinski definition) is 2. The number of aliphatic imine (C=N–C) groups is 1. The molecule has 26 heavy (non-hydrogen) atoms. The van der Waals surface area contributed by atoms with Gasteiger partial charge in [-0.1, -0.05) is 17.7 Å². The summed E-state index contributed by atoms with van der Waals surface area (Å²) >= 11 is 0.956. The van der Waals surface area contributed by atoms with Gasteiger partial charge in [0.25, 0.3) is 0 Å². The van der Waals surface area contributed by atoms with Gasteiger partial charge in [-0.2, -0.15) is 13.2 Å². The molecule has 0 spiro atoms. The van der Waals surface area contributed by atoms with Crippen molar-refractivity contribution < 1.29 is 17.9 Å². The van der Waals surface area contributed by atoms with E-state index in [-0.39, 0.29) is 12.6 Å². The number of rotatable bonds is 5. The van der Waals surface area contributed by atoms with Crippen LogP contribution in [0.4, 0.5) is 13.2 Å². The summed E-state index contributed by atoms with van der Waals surface area (Å²) in [7, 11) is 3.20. The molecule has 0 saturated heterocycles. The van der Waals surface area contributed by atoms with Crippen molar-refractivity contribution in [2.45, 2.75) is 32.6 Å². The van der Waals surface area contributed by atoms with Crippen LogP contribution in [0.3, 0.4) is 0 Å². The molecule has 142 valence electrons. The highest BCUT2D eigenvalue weighted by atomic mass is 32.1. The van der Waals surface area contributed by atoms with Gasteiger partial charge in [0.15, 0.2) is 11.7 Å². The molecule has 2 rings (SSSR count). The first kappa shape index (κ1) is 20.0. The Morgan fingerprint density at radius 3 is 2.69 bits per heavy atom. The summed E-state index contributed by atoms with van der Waals surface area (Å²) in [6, 6.07) is 5.76. The molecule has 1 unspecified atom stereocenters. The molecule has 0 fully saturated rings. The summed E-state index contributed by atoms with van der Waals surface area (Å²) in [5.41, 5.74) is 1.18. The van der Waals surface area contributed by atoms with E-state index in [4.69, 9.17) is 4.74 Å². The van der Waals surface area contributed by atoms with Crippen LogP contribution in [-0.4, -0.2) is 25.1 Å². The summed E-state index contributed by atoms with van der Waals surface area (Å²) in [5, 5.41) is 7.53. The predicted molar refractivity (Wildman–Crippen MR) is 96.6 cm³/mol. The number of methoxy groups -OCH3 is 1. The van der Waals surface area contributed by atoms with E-state index in [9.17, 15) is 13.2 Å². The van der Waals surface area contributed by atoms with E-state index in [0.717, 1.165) is 33.6 Å². The minimum absolute atomic E-state index is 0.113. The van der Waals surface area contributed by atoms with Crippen LogP contribution in [0.2, 0.25) is 0 Å². The normalized spacial score (nSPS) is 13.4. The standard InChI is InChI=1S/C17H21F3N4OS/c1-10-5-6-13(25-4)12(7-10)11(2)23-16(21-3)22-8-15-24-14(9-26-15)17(18,19)20/h5-7,9,11H,8H2,1-4H3,(H2,21,22,23). The number of halogens is 3. The Kier molecular flexibility index (Phi) is 6.47. The summed E-state index contributed by atoms with van der Waals surface area (Å²) < 4.78 is 43.2. The Labute approximate surface area is 154 Å². The number of hydrogen-bond acceptors (Lipinski definition) is 4. The fourth-order valence-electron chi connectivity index (χ4n) is 2.35. The molecule has 0 radical (unpaired) electrons. The van der Waals surface area contributed by atoms with Crippen LogP contribution in [0.25, 0.3) is 0 Å². The number of nitrogens with one attached hydrogen (secondary N) is 2. The molecule has 0 bridgehead atoms. The molecule has 0 amide bonds. The Morgan fingerprint density at radius 1 is 1.38 bits per heavy atom. The lowest BCUT2D eigenvalue weighted by molar-refractivity contribution is -0.140. The second kappa shape index (κ2) is 8.39. The lowest BCUT2D eigenvalue weighted by atomic mass is 10.0. The number of guanidine groups is 1. The van der Waals surface area contributed by atoms with Crippen LogP contribution in [-0.2, 0) is 12.7 Å². The van der Waals surface area contributed by atoms with E-state index in [1.54, 1.807) is 14.2 Å². The molecule has 5 nitrogen and oxygen atoms in total. The van der Waals surface area contributed by atoms with Crippen molar-refractivity contribution in [2.75, 3.05) is 14.2 Å². The molecule has 0 saturated carbocycles. The first-order valence-corrected chi connectivity index (χ1v) is 8.76. The van der Waals surface area contributed by atoms with Gasteiger partial charge < -0.3 is 15.4 Å². The van der Waals surface area contributed by atoms with E-state index >= 15 is 0 Å². The second-order valence-electron chi connectivity index (χ2n) is 5.66. The topological polar surface area (TPSA) is 58.5 Å². The van der Waals surface area contributed by atoms with Crippen LogP contribution in [0.15, 0.2) is 28.6 Å². The van der Waals surface area contributed by atoms with E-state index < -0.39 is 11.9 Å². The fraction of sp³-hybridized carbons (Fsp3) is 0.412. The van der Waals surface area contributed by atoms with Crippen molar-refractivity contribution in [3.05, 3.63) is 45.4 Å². The number of ether oxygens (including phenoxy) is 1. The Balaban J connectivity index is 2.01. The minimum atomic E-state index is -4.43. The smallest absolute Gasteiger partial charge is 0.434 e. The zero-order valence-corrected chi connectivity index (χ0v) is 15.8. The molecular weight excluding hydrogens is 365 g/mol. The molecule has 2 N–H and O–H groups in total. The lowest BCUT2D eigenvalue weighted by Crippen LogP contribution is -2.38. The number of alkyl halides is 3. The predicted octanol–water partition coefficient (Wildman–Crippen LogP) is 3.91. The molecule has 1 heterocycles. The van der Waals surface area contributed by atoms with Crippen LogP contribution in [0.1, 0.15) is 34.8 Å². The van der Waals surface area contributed by atoms with Gasteiger partial charge >= 0.3 is 6.18 Å². The van der Waals surface area contributed by atoms with E-state index in [1.165, 1.54) is 0 Å². The van der Waals surface area contributed by atoms with Crippen LogP contribution in [0.5, 0.6) is 5.75 Å². The highest BCUT2D eigenvalue weighted by Gasteiger charge is 2.33. The maximum atomic E-state index is 12.6. The Morgan fingerprint density at radius 2 is 2.12 bits per heavy atom. The monoisotopic (exact) mass is 386 g/mol. The highest BCUT2D eigenvalue weighted by molar-refractivity contribution is 7.09. The van der Waals surface area contributed by atoms with Crippen molar-refractivity contribution in [3.8, 4) is 5.75 Å². The number of thiazole rings is 1. The summed E-state index contributed by atoms with van der Waals surface area (Å²) in [6.45, 7) is 4.09. The first-order valence-electron chi connectivity index (χ1n) is 7.88. The average Bonchev–Trinajstić information content (AvgIpc) is 3.07. The van der Waals surface area contributed by atoms with Gasteiger partial charge in [0, 0.05) is 18.0 Å². The van der Waals surface area contributed by atoms with Crippen molar-refractivity contribution in [2.24, 2.45) is 4.99 Å². The van der Waals surface area contributed by atoms with Gasteiger partial charge in [0.05, 0.1) is 19.7 Å². The maximum Gasteiger partial charge on any atom is 0.434 e. The molecule has 0 aliphatic rings. The van der Waals surface area contributed by atoms with E-state index in [2.05, 4.69) is 20.6 Å². The zero-order chi connectivity index (χ0) is 19.3. The molecule has 0 aliphatic heterocycles. The van der Waals surface area contributed by atoms with Gasteiger partial charge in [-0.3, -0.25) is 4.99 Å². The Bertz CT molecular complexity index is 774. The van der Waals surface area contributed by atoms with Gasteiger partial charge in [0.2, 0.25) is 0 Å². The lowest BCUT2D eigenvalue weighted by Gasteiger charge is -2.20. The van der Waals surface area contributed by atoms with Crippen LogP contribution in [0, 0.1) is 6.92 Å². The number of aromatic nitrogens is 1. The largest absolute Gasteiger partial charge is 0.496 e. The van der Waals surface area contributed by atoms with Crippen molar-refractivity contribution in [1.29, 1.82) is 0 Å². The van der Waals surface area contributed by atoms with E-state index in [0.29, 0.717) is 11.0 Å². The molecule has 9 heteroatoms. The summed E-state index contributed by atoms with van der Waals surface area (Å²) in [4.78, 5) is 7.70. The van der Waals surface area contributed by atoms with Gasteiger partial charge in [-0.05, 0) is 19.9 Å². The fourth-order valence-corrected chi connectivity index (χ4v) is 3.09. The van der Waals surface area contributed by atoms with Crippen molar-refractivity contribution in [1.82, 2.24) is 15.6 Å². The first-order chi connectivity index (χ1) is 12.2. The SMILES string of the molecule is CN=C(NCc1nc(C(F)(F)F)cs1)NC(C)c1cc(C)ccc1OC. The van der Waals surface area contributed by atoms with Crippen LogP contribution < -0.4 is 15.4 Å². The van der Waals surface area contributed by atoms with Gasteiger partial charge in [-0.25, -0.2) is 4.98 Å². The quantitative estimate of drug-likeness (QED) is 0.604. The number of aryl methyl sites for hydroxylation is 1. The molecule has 0 aliphatic carbocycles. The molecule has 1 aromatic heterocycles. The number of nitrogens with zero attached hydrogens (tertiary/aromatic N) is 2. The maximum absolute atomic E-state index is 12.6. The second-order valence-corrected chi connectivity index (χ2v) is 6.60. The van der Waals surface area contributed by atoms with Crippen molar-refractivity contribution >= 4 is 17.3 Å². The minimum Gasteiger partial charge on any atom is -0.496 e. The average molecular weight is 386 g/mol. The third-order valence-corrected chi connectivity index (χ3v) is 4.53. The molecule has 1 aromatic carbocycles. The van der Waals surface area contributed by atoms with Crippen molar-refractivity contribution in [3.63, 3.8) is 0 Å². The Hall–Kier alpha value is -2.29. The molecular formula is C17H21F3N4OS. The van der Waals surface area contributed by atoms with Gasteiger partial charge in [0.1, 0.15) is 10.8 Å². The van der Waals surface area contributed by atoms with Crippen LogP contribution >= 0.6 is 11.3 Å². The third-order valence-electron chi connectivity index (χ3n) is 3.68. The van der Waals surface area contributed by atoms with Gasteiger partial charge in [-0.15, -0.1) is 11.3 Å². The summed E-state index contributed by atoms with van der Waals surface area (Å²) in [6.07, 6.45) is -4.43. The molecule has 1 atom stereocenters. The third kappa shape index (κ3) is 5.10.